The fourth-order valence-corrected chi connectivity index (χ4v) is 5.89. The topological polar surface area (TPSA) is 50.4 Å². The Kier molecular flexibility index (Phi) is 7.20. The van der Waals surface area contributed by atoms with Crippen LogP contribution in [0.3, 0.4) is 0 Å². The summed E-state index contributed by atoms with van der Waals surface area (Å²) >= 11 is 0. The van der Waals surface area contributed by atoms with Crippen LogP contribution in [0.15, 0.2) is 29.1 Å². The van der Waals surface area contributed by atoms with Crippen molar-refractivity contribution in [3.05, 3.63) is 34.7 Å². The van der Waals surface area contributed by atoms with Gasteiger partial charge in [-0.2, -0.15) is 0 Å². The predicted octanol–water partition coefficient (Wildman–Crippen LogP) is 4.04. The maximum Gasteiger partial charge on any atom is 0.330 e. The third-order valence-corrected chi connectivity index (χ3v) is 7.52. The van der Waals surface area contributed by atoms with E-state index in [4.69, 9.17) is 6.42 Å². The first-order valence-electron chi connectivity index (χ1n) is 12.1. The minimum Gasteiger partial charge on any atom is -0.393 e. The highest BCUT2D eigenvalue weighted by Crippen LogP contribution is 2.34. The lowest BCUT2D eigenvalue weighted by atomic mass is 9.85. The number of likely N-dealkylation sites (tertiary alicyclic amines) is 1. The zero-order valence-electron chi connectivity index (χ0n) is 18.9. The lowest BCUT2D eigenvalue weighted by Gasteiger charge is -2.41. The number of aliphatic hydroxyl groups is 1. The number of terminal acetylenes is 1. The summed E-state index contributed by atoms with van der Waals surface area (Å²) in [5.41, 5.74) is 1.75. The molecule has 1 aliphatic carbocycles. The van der Waals surface area contributed by atoms with Crippen LogP contribution in [0.2, 0.25) is 0 Å². The number of benzene rings is 1. The predicted molar refractivity (Wildman–Crippen MR) is 126 cm³/mol. The number of nitrogens with zero attached hydrogens (tertiary/aromatic N) is 3. The highest BCUT2D eigenvalue weighted by Gasteiger charge is 2.36. The van der Waals surface area contributed by atoms with Crippen molar-refractivity contribution in [1.82, 2.24) is 14.0 Å². The van der Waals surface area contributed by atoms with Crippen LogP contribution in [0.25, 0.3) is 11.0 Å². The second-order valence-corrected chi connectivity index (χ2v) is 9.66. The van der Waals surface area contributed by atoms with Gasteiger partial charge in [0, 0.05) is 31.6 Å². The van der Waals surface area contributed by atoms with E-state index in [2.05, 4.69) is 10.8 Å². The van der Waals surface area contributed by atoms with E-state index in [0.29, 0.717) is 0 Å². The number of fused-ring (bicyclic) bond motifs is 1. The van der Waals surface area contributed by atoms with Crippen LogP contribution < -0.4 is 5.69 Å². The number of para-hydroxylation sites is 2. The number of piperidine rings is 1. The molecule has 2 aromatic rings. The largest absolute Gasteiger partial charge is 0.393 e. The van der Waals surface area contributed by atoms with Crippen molar-refractivity contribution in [2.24, 2.45) is 11.8 Å². The number of hydrogen-bond acceptors (Lipinski definition) is 3. The molecule has 168 valence electrons. The molecule has 3 atom stereocenters. The highest BCUT2D eigenvalue weighted by molar-refractivity contribution is 5.76. The first-order chi connectivity index (χ1) is 15.1. The number of aliphatic hydroxyl groups excluding tert-OH is 1. The Bertz CT molecular complexity index is 959. The highest BCUT2D eigenvalue weighted by atomic mass is 16.3. The van der Waals surface area contributed by atoms with Gasteiger partial charge in [0.2, 0.25) is 0 Å². The number of hydrogen-bond donors (Lipinski definition) is 1. The van der Waals surface area contributed by atoms with E-state index < -0.39 is 6.10 Å². The Morgan fingerprint density at radius 1 is 1.10 bits per heavy atom. The molecule has 0 radical (unpaired) electrons. The standard InChI is InChI=1S/C26H37N3O2/c1-3-16-28-24-13-9-10-14-25(24)29(26(28)31)23-15-17-27(19-22(23)20(2)30)18-21-11-7-5-4-6-8-12-21/h1,9-10,13-14,20-23,30H,4-8,11-12,15-19H2,2H3. The molecule has 0 spiro atoms. The van der Waals surface area contributed by atoms with Crippen LogP contribution in [0.1, 0.15) is 64.3 Å². The lowest BCUT2D eigenvalue weighted by Crippen LogP contribution is -2.48. The second kappa shape index (κ2) is 10.1. The Hall–Kier alpha value is -2.03. The van der Waals surface area contributed by atoms with Crippen LogP contribution in [0.4, 0.5) is 0 Å². The fourth-order valence-electron chi connectivity index (χ4n) is 5.89. The van der Waals surface area contributed by atoms with Gasteiger partial charge in [0.1, 0.15) is 0 Å². The van der Waals surface area contributed by atoms with Gasteiger partial charge >= 0.3 is 5.69 Å². The normalized spacial score (nSPS) is 25.1. The summed E-state index contributed by atoms with van der Waals surface area (Å²) in [6.07, 6.45) is 15.5. The molecule has 0 bridgehead atoms. The van der Waals surface area contributed by atoms with Gasteiger partial charge in [-0.1, -0.05) is 50.2 Å². The fraction of sp³-hybridized carbons (Fsp3) is 0.654. The monoisotopic (exact) mass is 423 g/mol. The van der Waals surface area contributed by atoms with Crippen molar-refractivity contribution in [3.8, 4) is 12.3 Å². The van der Waals surface area contributed by atoms with Crippen LogP contribution in [-0.2, 0) is 6.54 Å². The summed E-state index contributed by atoms with van der Waals surface area (Å²) in [7, 11) is 0. The van der Waals surface area contributed by atoms with E-state index in [1.807, 2.05) is 35.8 Å². The molecule has 5 nitrogen and oxygen atoms in total. The molecule has 1 N–H and O–H groups in total. The third kappa shape index (κ3) is 4.76. The summed E-state index contributed by atoms with van der Waals surface area (Å²) in [4.78, 5) is 15.9. The van der Waals surface area contributed by atoms with Crippen LogP contribution in [0, 0.1) is 24.2 Å². The minimum absolute atomic E-state index is 0.00925. The van der Waals surface area contributed by atoms with Gasteiger partial charge in [-0.15, -0.1) is 6.42 Å². The molecule has 2 heterocycles. The van der Waals surface area contributed by atoms with Gasteiger partial charge in [0.05, 0.1) is 23.7 Å². The summed E-state index contributed by atoms with van der Waals surface area (Å²) in [6, 6.07) is 7.88. The van der Waals surface area contributed by atoms with E-state index in [0.717, 1.165) is 43.0 Å². The number of aromatic nitrogens is 2. The molecule has 4 rings (SSSR count). The number of imidazole rings is 1. The summed E-state index contributed by atoms with van der Waals surface area (Å²) in [5.74, 6) is 3.42. The lowest BCUT2D eigenvalue weighted by molar-refractivity contribution is 0.0208. The third-order valence-electron chi connectivity index (χ3n) is 7.52. The molecule has 2 fully saturated rings. The molecule has 3 unspecified atom stereocenters. The Labute approximate surface area is 186 Å². The van der Waals surface area contributed by atoms with E-state index in [9.17, 15) is 9.90 Å². The minimum atomic E-state index is -0.466. The zero-order chi connectivity index (χ0) is 21.8. The van der Waals surface area contributed by atoms with E-state index in [-0.39, 0.29) is 24.2 Å². The van der Waals surface area contributed by atoms with E-state index in [1.54, 1.807) is 4.57 Å². The van der Waals surface area contributed by atoms with Crippen molar-refractivity contribution in [2.45, 2.75) is 77.0 Å². The molecule has 1 aromatic heterocycles. The molecule has 5 heteroatoms. The summed E-state index contributed by atoms with van der Waals surface area (Å²) < 4.78 is 3.60. The van der Waals surface area contributed by atoms with Gasteiger partial charge in [-0.3, -0.25) is 9.13 Å². The van der Waals surface area contributed by atoms with Crippen molar-refractivity contribution < 1.29 is 5.11 Å². The van der Waals surface area contributed by atoms with Gasteiger partial charge < -0.3 is 10.0 Å². The van der Waals surface area contributed by atoms with Crippen molar-refractivity contribution in [1.29, 1.82) is 0 Å². The zero-order valence-corrected chi connectivity index (χ0v) is 18.9. The molecule has 1 saturated heterocycles. The van der Waals surface area contributed by atoms with Crippen molar-refractivity contribution in [3.63, 3.8) is 0 Å². The maximum absolute atomic E-state index is 13.3. The van der Waals surface area contributed by atoms with Gasteiger partial charge in [0.25, 0.3) is 0 Å². The van der Waals surface area contributed by atoms with Crippen LogP contribution in [-0.4, -0.2) is 44.9 Å². The molecule has 1 aromatic carbocycles. The Morgan fingerprint density at radius 2 is 1.77 bits per heavy atom. The maximum atomic E-state index is 13.3. The van der Waals surface area contributed by atoms with Crippen molar-refractivity contribution >= 4 is 11.0 Å². The number of rotatable bonds is 5. The molecule has 1 saturated carbocycles. The van der Waals surface area contributed by atoms with Crippen molar-refractivity contribution in [2.75, 3.05) is 19.6 Å². The van der Waals surface area contributed by atoms with Gasteiger partial charge in [-0.05, 0) is 44.2 Å². The smallest absolute Gasteiger partial charge is 0.330 e. The average molecular weight is 424 g/mol. The molecule has 2 aliphatic rings. The first kappa shape index (κ1) is 22.2. The molecule has 31 heavy (non-hydrogen) atoms. The van der Waals surface area contributed by atoms with Crippen LogP contribution in [0.5, 0.6) is 0 Å². The molecular formula is C26H37N3O2. The summed E-state index contributed by atoms with van der Waals surface area (Å²) in [5, 5.41) is 10.7. The molecule has 0 amide bonds. The van der Waals surface area contributed by atoms with Gasteiger partial charge in [0.15, 0.2) is 0 Å². The quantitative estimate of drug-likeness (QED) is 0.739. The van der Waals surface area contributed by atoms with Gasteiger partial charge in [-0.25, -0.2) is 4.79 Å². The molecular weight excluding hydrogens is 386 g/mol. The molecule has 1 aliphatic heterocycles. The Balaban J connectivity index is 1.57. The summed E-state index contributed by atoms with van der Waals surface area (Å²) in [6.45, 7) is 5.10. The second-order valence-electron chi connectivity index (χ2n) is 9.66. The first-order valence-corrected chi connectivity index (χ1v) is 12.1. The SMILES string of the molecule is C#CCn1c(=O)n(C2CCN(CC3CCCCCCC3)CC2C(C)O)c2ccccc21. The van der Waals surface area contributed by atoms with E-state index >= 15 is 0 Å². The average Bonchev–Trinajstić information content (AvgIpc) is 3.02. The van der Waals surface area contributed by atoms with Crippen LogP contribution >= 0.6 is 0 Å². The Morgan fingerprint density at radius 3 is 2.45 bits per heavy atom. The van der Waals surface area contributed by atoms with E-state index in [1.165, 1.54) is 44.9 Å².